The van der Waals surface area contributed by atoms with Gasteiger partial charge >= 0.3 is 0 Å². The maximum atomic E-state index is 6.26. The second-order valence-corrected chi connectivity index (χ2v) is 6.00. The van der Waals surface area contributed by atoms with Gasteiger partial charge in [-0.05, 0) is 47.7 Å². The Bertz CT molecular complexity index is 346. The summed E-state index contributed by atoms with van der Waals surface area (Å²) in [6, 6.07) is 0. The van der Waals surface area contributed by atoms with Gasteiger partial charge in [-0.1, -0.05) is 40.2 Å². The van der Waals surface area contributed by atoms with Gasteiger partial charge in [0, 0.05) is 5.70 Å². The predicted octanol–water partition coefficient (Wildman–Crippen LogP) is 4.01. The van der Waals surface area contributed by atoms with Crippen molar-refractivity contribution < 1.29 is 0 Å². The van der Waals surface area contributed by atoms with Crippen molar-refractivity contribution in [2.24, 2.45) is 23.0 Å². The first-order valence-electron chi connectivity index (χ1n) is 6.69. The van der Waals surface area contributed by atoms with E-state index >= 15 is 0 Å². The van der Waals surface area contributed by atoms with Crippen LogP contribution in [-0.4, -0.2) is 0 Å². The van der Waals surface area contributed by atoms with Crippen LogP contribution in [0.4, 0.5) is 0 Å². The highest BCUT2D eigenvalue weighted by Crippen LogP contribution is 2.56. The minimum absolute atomic E-state index is 0.320. The van der Waals surface area contributed by atoms with E-state index in [9.17, 15) is 0 Å². The Hall–Kier alpha value is -0.720. The summed E-state index contributed by atoms with van der Waals surface area (Å²) < 4.78 is 0. The standard InChI is InChI=1S/C15H25N/c1-5-7-11-10(2)15(3,4)12-8-6-9-13(16)14(11)12/h8,10-11H,5-7,9,16H2,1-4H3. The molecule has 0 aromatic rings. The van der Waals surface area contributed by atoms with Crippen molar-refractivity contribution in [3.63, 3.8) is 0 Å². The first-order valence-corrected chi connectivity index (χ1v) is 6.69. The molecule has 0 radical (unpaired) electrons. The third kappa shape index (κ3) is 1.52. The molecule has 0 amide bonds. The van der Waals surface area contributed by atoms with Crippen molar-refractivity contribution >= 4 is 0 Å². The number of allylic oxidation sites excluding steroid dienone is 4. The Morgan fingerprint density at radius 2 is 2.12 bits per heavy atom. The molecule has 1 heteroatoms. The van der Waals surface area contributed by atoms with Gasteiger partial charge in [0.15, 0.2) is 0 Å². The second kappa shape index (κ2) is 3.94. The van der Waals surface area contributed by atoms with Gasteiger partial charge in [-0.2, -0.15) is 0 Å². The van der Waals surface area contributed by atoms with Gasteiger partial charge in [0.2, 0.25) is 0 Å². The summed E-state index contributed by atoms with van der Waals surface area (Å²) >= 11 is 0. The summed E-state index contributed by atoms with van der Waals surface area (Å²) in [5, 5.41) is 0. The van der Waals surface area contributed by atoms with Crippen LogP contribution in [-0.2, 0) is 0 Å². The topological polar surface area (TPSA) is 26.0 Å². The average molecular weight is 219 g/mol. The third-order valence-corrected chi connectivity index (χ3v) is 4.80. The highest BCUT2D eigenvalue weighted by atomic mass is 14.6. The van der Waals surface area contributed by atoms with E-state index in [4.69, 9.17) is 5.73 Å². The molecule has 0 aliphatic heterocycles. The Morgan fingerprint density at radius 1 is 1.44 bits per heavy atom. The molecule has 0 heterocycles. The van der Waals surface area contributed by atoms with Gasteiger partial charge in [0.1, 0.15) is 0 Å². The summed E-state index contributed by atoms with van der Waals surface area (Å²) in [6.45, 7) is 9.45. The van der Waals surface area contributed by atoms with Gasteiger partial charge in [0.05, 0.1) is 0 Å². The van der Waals surface area contributed by atoms with Crippen LogP contribution in [0, 0.1) is 17.3 Å². The molecule has 90 valence electrons. The molecule has 2 aliphatic carbocycles. The van der Waals surface area contributed by atoms with E-state index in [1.807, 2.05) is 0 Å². The fraction of sp³-hybridized carbons (Fsp3) is 0.733. The minimum Gasteiger partial charge on any atom is -0.402 e. The minimum atomic E-state index is 0.320. The van der Waals surface area contributed by atoms with Crippen molar-refractivity contribution in [1.29, 1.82) is 0 Å². The van der Waals surface area contributed by atoms with E-state index in [2.05, 4.69) is 33.8 Å². The molecule has 1 saturated carbocycles. The van der Waals surface area contributed by atoms with Crippen LogP contribution in [0.5, 0.6) is 0 Å². The van der Waals surface area contributed by atoms with Crippen LogP contribution in [0.15, 0.2) is 22.9 Å². The van der Waals surface area contributed by atoms with Crippen molar-refractivity contribution in [3.05, 3.63) is 22.9 Å². The molecule has 0 bridgehead atoms. The summed E-state index contributed by atoms with van der Waals surface area (Å²) in [6.07, 6.45) is 7.20. The molecule has 2 rings (SSSR count). The highest BCUT2D eigenvalue weighted by molar-refractivity contribution is 5.48. The second-order valence-electron chi connectivity index (χ2n) is 6.00. The maximum absolute atomic E-state index is 6.26. The monoisotopic (exact) mass is 219 g/mol. The van der Waals surface area contributed by atoms with E-state index in [-0.39, 0.29) is 0 Å². The SMILES string of the molecule is CCCC1C2=C(N)CCC=C2C(C)(C)C1C. The largest absolute Gasteiger partial charge is 0.402 e. The Balaban J connectivity index is 2.46. The number of hydrogen-bond donors (Lipinski definition) is 1. The first kappa shape index (κ1) is 11.8. The Labute approximate surface area is 99.8 Å². The van der Waals surface area contributed by atoms with E-state index in [0.29, 0.717) is 11.3 Å². The quantitative estimate of drug-likeness (QED) is 0.746. The van der Waals surface area contributed by atoms with Crippen LogP contribution in [0.25, 0.3) is 0 Å². The normalized spacial score (nSPS) is 32.6. The molecule has 2 N–H and O–H groups in total. The van der Waals surface area contributed by atoms with E-state index in [1.54, 1.807) is 5.57 Å². The van der Waals surface area contributed by atoms with Crippen molar-refractivity contribution in [2.75, 3.05) is 0 Å². The lowest BCUT2D eigenvalue weighted by Gasteiger charge is -2.27. The lowest BCUT2D eigenvalue weighted by molar-refractivity contribution is 0.263. The van der Waals surface area contributed by atoms with Crippen molar-refractivity contribution in [2.45, 2.75) is 53.4 Å². The van der Waals surface area contributed by atoms with E-state index in [1.165, 1.54) is 24.1 Å². The Kier molecular flexibility index (Phi) is 2.90. The third-order valence-electron chi connectivity index (χ3n) is 4.80. The number of nitrogens with two attached hydrogens (primary N) is 1. The zero-order chi connectivity index (χ0) is 11.9. The molecule has 2 unspecified atom stereocenters. The molecule has 0 saturated heterocycles. The summed E-state index contributed by atoms with van der Waals surface area (Å²) in [4.78, 5) is 0. The molecule has 1 fully saturated rings. The molecule has 0 aromatic heterocycles. The smallest absolute Gasteiger partial charge is 0.0122 e. The molecule has 0 spiro atoms. The van der Waals surface area contributed by atoms with Crippen molar-refractivity contribution in [1.82, 2.24) is 0 Å². The van der Waals surface area contributed by atoms with E-state index in [0.717, 1.165) is 18.8 Å². The zero-order valence-electron chi connectivity index (χ0n) is 11.1. The number of fused-ring (bicyclic) bond motifs is 1. The van der Waals surface area contributed by atoms with Gasteiger partial charge in [-0.15, -0.1) is 0 Å². The van der Waals surface area contributed by atoms with Gasteiger partial charge < -0.3 is 5.73 Å². The van der Waals surface area contributed by atoms with Gasteiger partial charge in [0.25, 0.3) is 0 Å². The molecule has 2 atom stereocenters. The molecular formula is C15H25N. The summed E-state index contributed by atoms with van der Waals surface area (Å²) in [5.41, 5.74) is 10.8. The lowest BCUT2D eigenvalue weighted by Crippen LogP contribution is -2.20. The molecular weight excluding hydrogens is 194 g/mol. The molecule has 2 aliphatic rings. The average Bonchev–Trinajstić information content (AvgIpc) is 2.42. The first-order chi connectivity index (χ1) is 7.50. The fourth-order valence-corrected chi connectivity index (χ4v) is 3.54. The van der Waals surface area contributed by atoms with Gasteiger partial charge in [-0.25, -0.2) is 0 Å². The van der Waals surface area contributed by atoms with Crippen LogP contribution in [0.2, 0.25) is 0 Å². The predicted molar refractivity (Wildman–Crippen MR) is 69.9 cm³/mol. The molecule has 1 nitrogen and oxygen atoms in total. The molecule has 16 heavy (non-hydrogen) atoms. The summed E-state index contributed by atoms with van der Waals surface area (Å²) in [5.74, 6) is 1.43. The number of hydrogen-bond acceptors (Lipinski definition) is 1. The van der Waals surface area contributed by atoms with Gasteiger partial charge in [-0.3, -0.25) is 0 Å². The highest BCUT2D eigenvalue weighted by Gasteiger charge is 2.46. The van der Waals surface area contributed by atoms with Crippen LogP contribution in [0.1, 0.15) is 53.4 Å². The molecule has 0 aromatic carbocycles. The van der Waals surface area contributed by atoms with E-state index < -0.39 is 0 Å². The zero-order valence-corrected chi connectivity index (χ0v) is 11.1. The van der Waals surface area contributed by atoms with Crippen LogP contribution < -0.4 is 5.73 Å². The fourth-order valence-electron chi connectivity index (χ4n) is 3.54. The Morgan fingerprint density at radius 3 is 2.75 bits per heavy atom. The van der Waals surface area contributed by atoms with Crippen molar-refractivity contribution in [3.8, 4) is 0 Å². The number of rotatable bonds is 2. The maximum Gasteiger partial charge on any atom is 0.0122 e. The van der Waals surface area contributed by atoms with Crippen LogP contribution in [0.3, 0.4) is 0 Å². The lowest BCUT2D eigenvalue weighted by atomic mass is 9.77. The van der Waals surface area contributed by atoms with Crippen LogP contribution >= 0.6 is 0 Å². The summed E-state index contributed by atoms with van der Waals surface area (Å²) in [7, 11) is 0.